The van der Waals surface area contributed by atoms with Crippen molar-refractivity contribution in [3.05, 3.63) is 29.8 Å². The average molecular weight is 264 g/mol. The Bertz CT molecular complexity index is 527. The molecule has 0 aliphatic carbocycles. The number of hydrogen-bond acceptors (Lipinski definition) is 5. The van der Waals surface area contributed by atoms with Gasteiger partial charge in [0.25, 0.3) is 5.91 Å². The Morgan fingerprint density at radius 1 is 1.37 bits per heavy atom. The number of rotatable bonds is 5. The van der Waals surface area contributed by atoms with Crippen LogP contribution in [0.15, 0.2) is 24.3 Å². The fourth-order valence-corrected chi connectivity index (χ4v) is 1.40. The molecule has 1 aliphatic rings. The van der Waals surface area contributed by atoms with Crippen LogP contribution in [0.5, 0.6) is 11.5 Å². The van der Waals surface area contributed by atoms with E-state index in [0.29, 0.717) is 11.5 Å². The van der Waals surface area contributed by atoms with Gasteiger partial charge in [0.2, 0.25) is 12.7 Å². The summed E-state index contributed by atoms with van der Waals surface area (Å²) < 4.78 is 10.4. The first-order chi connectivity index (χ1) is 9.15. The first-order valence-corrected chi connectivity index (χ1v) is 5.43. The molecule has 1 aliphatic heterocycles. The lowest BCUT2D eigenvalue weighted by molar-refractivity contribution is -0.134. The standard InChI is InChI=1S/C12H12N2O5/c13-11(15)6-19-14-12(16)4-2-8-1-3-9-10(5-8)18-7-17-9/h1-5H,6-7H2,(H2,13,15)(H,14,16)/b4-2+. The number of primary amides is 1. The van der Waals surface area contributed by atoms with Crippen LogP contribution in [0.25, 0.3) is 6.08 Å². The number of benzene rings is 1. The highest BCUT2D eigenvalue weighted by Gasteiger charge is 2.12. The quantitative estimate of drug-likeness (QED) is 0.574. The zero-order chi connectivity index (χ0) is 13.7. The minimum Gasteiger partial charge on any atom is -0.454 e. The van der Waals surface area contributed by atoms with Gasteiger partial charge in [0.15, 0.2) is 18.1 Å². The molecule has 7 nitrogen and oxygen atoms in total. The molecule has 0 aromatic heterocycles. The summed E-state index contributed by atoms with van der Waals surface area (Å²) in [7, 11) is 0. The highest BCUT2D eigenvalue weighted by atomic mass is 16.7. The van der Waals surface area contributed by atoms with Crippen LogP contribution in [0, 0.1) is 0 Å². The van der Waals surface area contributed by atoms with E-state index >= 15 is 0 Å². The van der Waals surface area contributed by atoms with Gasteiger partial charge in [0.05, 0.1) is 0 Å². The maximum Gasteiger partial charge on any atom is 0.267 e. The molecule has 7 heteroatoms. The van der Waals surface area contributed by atoms with Crippen molar-refractivity contribution < 1.29 is 23.9 Å². The van der Waals surface area contributed by atoms with Crippen molar-refractivity contribution in [1.29, 1.82) is 0 Å². The molecule has 0 radical (unpaired) electrons. The summed E-state index contributed by atoms with van der Waals surface area (Å²) in [6.45, 7) is -0.173. The van der Waals surface area contributed by atoms with Gasteiger partial charge < -0.3 is 15.2 Å². The Hall–Kier alpha value is -2.54. The van der Waals surface area contributed by atoms with E-state index in [-0.39, 0.29) is 13.4 Å². The minimum atomic E-state index is -0.667. The molecular weight excluding hydrogens is 252 g/mol. The largest absolute Gasteiger partial charge is 0.454 e. The predicted octanol–water partition coefficient (Wildman–Crippen LogP) is -0.0384. The van der Waals surface area contributed by atoms with Crippen LogP contribution in [0.4, 0.5) is 0 Å². The summed E-state index contributed by atoms with van der Waals surface area (Å²) in [5.74, 6) is 0.137. The number of amides is 2. The van der Waals surface area contributed by atoms with Crippen molar-refractivity contribution in [3.8, 4) is 11.5 Å². The first-order valence-electron chi connectivity index (χ1n) is 5.43. The van der Waals surface area contributed by atoms with Gasteiger partial charge in [-0.25, -0.2) is 5.48 Å². The van der Waals surface area contributed by atoms with Gasteiger partial charge in [-0.05, 0) is 23.8 Å². The Morgan fingerprint density at radius 2 is 2.16 bits per heavy atom. The Kier molecular flexibility index (Phi) is 3.99. The summed E-state index contributed by atoms with van der Waals surface area (Å²) in [5, 5.41) is 0. The monoisotopic (exact) mass is 264 g/mol. The van der Waals surface area contributed by atoms with Gasteiger partial charge in [-0.3, -0.25) is 14.4 Å². The van der Waals surface area contributed by atoms with Gasteiger partial charge >= 0.3 is 0 Å². The lowest BCUT2D eigenvalue weighted by Gasteiger charge is -2.00. The van der Waals surface area contributed by atoms with Gasteiger partial charge in [-0.2, -0.15) is 0 Å². The Morgan fingerprint density at radius 3 is 2.95 bits per heavy atom. The molecule has 0 atom stereocenters. The van der Waals surface area contributed by atoms with E-state index in [2.05, 4.69) is 10.3 Å². The van der Waals surface area contributed by atoms with Crippen molar-refractivity contribution >= 4 is 17.9 Å². The maximum absolute atomic E-state index is 11.3. The normalized spacial score (nSPS) is 12.6. The van der Waals surface area contributed by atoms with Crippen LogP contribution in [0.3, 0.4) is 0 Å². The van der Waals surface area contributed by atoms with Crippen molar-refractivity contribution in [1.82, 2.24) is 5.48 Å². The lowest BCUT2D eigenvalue weighted by atomic mass is 10.2. The number of hydroxylamine groups is 1. The summed E-state index contributed by atoms with van der Waals surface area (Å²) in [4.78, 5) is 26.2. The lowest BCUT2D eigenvalue weighted by Crippen LogP contribution is -2.28. The molecule has 0 spiro atoms. The maximum atomic E-state index is 11.3. The number of carbonyl (C=O) groups excluding carboxylic acids is 2. The summed E-state index contributed by atoms with van der Waals surface area (Å²) in [6, 6.07) is 5.28. The van der Waals surface area contributed by atoms with E-state index in [4.69, 9.17) is 15.2 Å². The summed E-state index contributed by atoms with van der Waals surface area (Å²) >= 11 is 0. The van der Waals surface area contributed by atoms with Gasteiger partial charge in [-0.15, -0.1) is 0 Å². The second-order valence-corrected chi connectivity index (χ2v) is 3.67. The first kappa shape index (κ1) is 12.9. The number of carbonyl (C=O) groups is 2. The van der Waals surface area contributed by atoms with Crippen LogP contribution in [-0.2, 0) is 14.4 Å². The van der Waals surface area contributed by atoms with Crippen LogP contribution < -0.4 is 20.7 Å². The predicted molar refractivity (Wildman–Crippen MR) is 64.9 cm³/mol. The fourth-order valence-electron chi connectivity index (χ4n) is 1.40. The zero-order valence-electron chi connectivity index (χ0n) is 9.92. The van der Waals surface area contributed by atoms with E-state index in [0.717, 1.165) is 5.56 Å². The van der Waals surface area contributed by atoms with Crippen molar-refractivity contribution in [2.24, 2.45) is 5.73 Å². The molecule has 1 aromatic carbocycles. The summed E-state index contributed by atoms with van der Waals surface area (Å²) in [5.41, 5.74) is 7.66. The van der Waals surface area contributed by atoms with Crippen LogP contribution in [0.2, 0.25) is 0 Å². The molecule has 0 bridgehead atoms. The average Bonchev–Trinajstić information content (AvgIpc) is 2.83. The Labute approximate surface area is 108 Å². The number of fused-ring (bicyclic) bond motifs is 1. The molecule has 0 unspecified atom stereocenters. The molecular formula is C12H12N2O5. The fraction of sp³-hybridized carbons (Fsp3) is 0.167. The van der Waals surface area contributed by atoms with E-state index in [9.17, 15) is 9.59 Å². The molecule has 0 saturated carbocycles. The highest BCUT2D eigenvalue weighted by Crippen LogP contribution is 2.32. The van der Waals surface area contributed by atoms with Crippen LogP contribution in [0.1, 0.15) is 5.56 Å². The molecule has 2 rings (SSSR count). The van der Waals surface area contributed by atoms with Crippen molar-refractivity contribution in [3.63, 3.8) is 0 Å². The van der Waals surface area contributed by atoms with Gasteiger partial charge in [0.1, 0.15) is 0 Å². The number of nitrogens with two attached hydrogens (primary N) is 1. The highest BCUT2D eigenvalue weighted by molar-refractivity contribution is 5.91. The molecule has 0 saturated heterocycles. The molecule has 19 heavy (non-hydrogen) atoms. The van der Waals surface area contributed by atoms with Crippen LogP contribution >= 0.6 is 0 Å². The molecule has 1 aromatic rings. The van der Waals surface area contributed by atoms with E-state index in [1.54, 1.807) is 24.3 Å². The van der Waals surface area contributed by atoms with Crippen molar-refractivity contribution in [2.75, 3.05) is 13.4 Å². The molecule has 3 N–H and O–H groups in total. The topological polar surface area (TPSA) is 99.9 Å². The van der Waals surface area contributed by atoms with E-state index in [1.807, 2.05) is 0 Å². The van der Waals surface area contributed by atoms with Crippen LogP contribution in [-0.4, -0.2) is 25.2 Å². The number of nitrogens with one attached hydrogen (secondary N) is 1. The SMILES string of the molecule is NC(=O)CONC(=O)/C=C/c1ccc2c(c1)OCO2. The number of ether oxygens (including phenoxy) is 2. The van der Waals surface area contributed by atoms with E-state index < -0.39 is 11.8 Å². The third-order valence-electron chi connectivity index (χ3n) is 2.21. The Balaban J connectivity index is 1.88. The summed E-state index contributed by atoms with van der Waals surface area (Å²) in [6.07, 6.45) is 2.84. The third-order valence-corrected chi connectivity index (χ3v) is 2.21. The third kappa shape index (κ3) is 3.71. The zero-order valence-corrected chi connectivity index (χ0v) is 9.92. The van der Waals surface area contributed by atoms with E-state index in [1.165, 1.54) is 6.08 Å². The molecule has 100 valence electrons. The van der Waals surface area contributed by atoms with Gasteiger partial charge in [-0.1, -0.05) is 6.07 Å². The van der Waals surface area contributed by atoms with Crippen molar-refractivity contribution in [2.45, 2.75) is 0 Å². The second-order valence-electron chi connectivity index (χ2n) is 3.67. The molecule has 2 amide bonds. The second kappa shape index (κ2) is 5.87. The molecule has 1 heterocycles. The van der Waals surface area contributed by atoms with Gasteiger partial charge in [0, 0.05) is 6.08 Å². The smallest absolute Gasteiger partial charge is 0.267 e. The molecule has 0 fully saturated rings. The minimum absolute atomic E-state index is 0.198. The number of hydrogen-bond donors (Lipinski definition) is 2.